The lowest BCUT2D eigenvalue weighted by Crippen LogP contribution is -2.23. The molecule has 2 unspecified atom stereocenters. The van der Waals surface area contributed by atoms with Gasteiger partial charge in [-0.05, 0) is 63.7 Å². The maximum Gasteiger partial charge on any atom is 0.251 e. The van der Waals surface area contributed by atoms with Gasteiger partial charge < -0.3 is 15.8 Å². The number of amides is 1. The maximum absolute atomic E-state index is 14.4. The zero-order chi connectivity index (χ0) is 24.1. The Morgan fingerprint density at radius 1 is 0.857 bits per heavy atom. The third-order valence-electron chi connectivity index (χ3n) is 6.71. The van der Waals surface area contributed by atoms with Gasteiger partial charge >= 0.3 is 0 Å². The van der Waals surface area contributed by atoms with Crippen LogP contribution in [0.3, 0.4) is 0 Å². The second kappa shape index (κ2) is 8.18. The lowest BCUT2D eigenvalue weighted by Gasteiger charge is -2.18. The van der Waals surface area contributed by atoms with Crippen molar-refractivity contribution >= 4 is 11.7 Å². The van der Waals surface area contributed by atoms with Crippen molar-refractivity contribution in [2.45, 2.75) is 18.8 Å². The fraction of sp³-hybridized carbons (Fsp3) is 0.103. The molecule has 172 valence electrons. The third-order valence-corrected chi connectivity index (χ3v) is 6.71. The van der Waals surface area contributed by atoms with Crippen molar-refractivity contribution in [1.82, 2.24) is 5.32 Å². The van der Waals surface area contributed by atoms with E-state index < -0.39 is 0 Å². The molecule has 0 aliphatic carbocycles. The topological polar surface area (TPSA) is 88.2 Å². The van der Waals surface area contributed by atoms with Gasteiger partial charge in [-0.1, -0.05) is 54.6 Å². The van der Waals surface area contributed by atoms with Crippen LogP contribution in [0.1, 0.15) is 55.9 Å². The number of hydrogen-bond donors (Lipinski definition) is 3. The summed E-state index contributed by atoms with van der Waals surface area (Å²) in [4.78, 5) is 12.9. The zero-order valence-electron chi connectivity index (χ0n) is 18.7. The smallest absolute Gasteiger partial charge is 0.251 e. The lowest BCUT2D eigenvalue weighted by atomic mass is 9.83. The molecule has 0 radical (unpaired) electrons. The van der Waals surface area contributed by atoms with Crippen molar-refractivity contribution in [1.29, 1.82) is 5.41 Å². The number of fused-ring (bicyclic) bond motifs is 8. The predicted octanol–water partition coefficient (Wildman–Crippen LogP) is 5.23. The molecule has 6 rings (SSSR count). The number of rotatable bonds is 5. The van der Waals surface area contributed by atoms with E-state index in [1.807, 2.05) is 54.6 Å². The van der Waals surface area contributed by atoms with E-state index in [0.29, 0.717) is 23.2 Å². The number of nitrogen functional groups attached to an aromatic ring is 1. The van der Waals surface area contributed by atoms with E-state index in [-0.39, 0.29) is 29.8 Å². The molecule has 5 nitrogen and oxygen atoms in total. The number of nitrogens with one attached hydrogen (secondary N) is 2. The number of carbonyl (C=O) groups is 1. The molecule has 2 atom stereocenters. The highest BCUT2D eigenvalue weighted by molar-refractivity contribution is 5.96. The molecule has 4 aromatic rings. The first-order valence-corrected chi connectivity index (χ1v) is 11.4. The highest BCUT2D eigenvalue weighted by Crippen LogP contribution is 2.54. The monoisotopic (exact) mass is 463 g/mol. The molecular weight excluding hydrogens is 441 g/mol. The SMILES string of the molecule is N=C(N)c1cccc(CNC(=O)c2ccc3c(c2)C2OC3c3ccc(-c4ccccc4F)cc32)c1. The number of hydrogen-bond acceptors (Lipinski definition) is 3. The fourth-order valence-corrected chi connectivity index (χ4v) is 4.98. The van der Waals surface area contributed by atoms with Crippen LogP contribution in [0.15, 0.2) is 84.9 Å². The van der Waals surface area contributed by atoms with E-state index in [0.717, 1.165) is 33.4 Å². The third kappa shape index (κ3) is 3.59. The molecule has 0 fully saturated rings. The average molecular weight is 464 g/mol. The molecule has 0 saturated carbocycles. The number of carbonyl (C=O) groups excluding carboxylic acids is 1. The molecular formula is C29H22FN3O2. The summed E-state index contributed by atoms with van der Waals surface area (Å²) in [7, 11) is 0. The van der Waals surface area contributed by atoms with Crippen molar-refractivity contribution in [2.75, 3.05) is 0 Å². The van der Waals surface area contributed by atoms with Crippen LogP contribution in [0.2, 0.25) is 0 Å². The van der Waals surface area contributed by atoms with Crippen molar-refractivity contribution in [3.63, 3.8) is 0 Å². The second-order valence-electron chi connectivity index (χ2n) is 8.86. The van der Waals surface area contributed by atoms with Crippen LogP contribution in [0, 0.1) is 11.2 Å². The Kier molecular flexibility index (Phi) is 4.97. The van der Waals surface area contributed by atoms with Crippen molar-refractivity contribution in [3.8, 4) is 11.1 Å². The van der Waals surface area contributed by atoms with E-state index in [4.69, 9.17) is 15.9 Å². The van der Waals surface area contributed by atoms with Crippen LogP contribution in [0.25, 0.3) is 11.1 Å². The van der Waals surface area contributed by atoms with Crippen LogP contribution in [-0.2, 0) is 11.3 Å². The first-order valence-electron chi connectivity index (χ1n) is 11.4. The van der Waals surface area contributed by atoms with Crippen LogP contribution >= 0.6 is 0 Å². The highest BCUT2D eigenvalue weighted by Gasteiger charge is 2.43. The molecule has 1 amide bonds. The van der Waals surface area contributed by atoms with Crippen LogP contribution in [-0.4, -0.2) is 11.7 Å². The molecule has 6 heteroatoms. The Bertz CT molecular complexity index is 1510. The van der Waals surface area contributed by atoms with Crippen LogP contribution < -0.4 is 11.1 Å². The van der Waals surface area contributed by atoms with E-state index >= 15 is 0 Å². The van der Waals surface area contributed by atoms with E-state index in [2.05, 4.69) is 5.32 Å². The van der Waals surface area contributed by atoms with E-state index in [1.54, 1.807) is 24.3 Å². The van der Waals surface area contributed by atoms with E-state index in [1.165, 1.54) is 6.07 Å². The Hall–Kier alpha value is -4.29. The summed E-state index contributed by atoms with van der Waals surface area (Å²) >= 11 is 0. The number of amidine groups is 1. The standard InChI is InChI=1S/C29H22FN3O2/c30-25-7-2-1-6-20(25)17-8-10-21-23(13-17)27-24-14-19(9-11-22(24)26(21)35-27)29(34)33-15-16-4-3-5-18(12-16)28(31)32/h1-14,26-27H,15H2,(H3,31,32)(H,33,34). The van der Waals surface area contributed by atoms with Gasteiger partial charge in [0.25, 0.3) is 5.91 Å². The van der Waals surface area contributed by atoms with Gasteiger partial charge in [0.1, 0.15) is 23.9 Å². The van der Waals surface area contributed by atoms with Gasteiger partial charge in [-0.25, -0.2) is 4.39 Å². The van der Waals surface area contributed by atoms with Gasteiger partial charge in [0.15, 0.2) is 0 Å². The van der Waals surface area contributed by atoms with Gasteiger partial charge in [0.2, 0.25) is 0 Å². The van der Waals surface area contributed by atoms with Crippen molar-refractivity contribution < 1.29 is 13.9 Å². The number of halogens is 1. The average Bonchev–Trinajstić information content (AvgIpc) is 3.44. The Morgan fingerprint density at radius 2 is 1.60 bits per heavy atom. The summed E-state index contributed by atoms with van der Waals surface area (Å²) in [6.45, 7) is 0.328. The molecule has 4 N–H and O–H groups in total. The Labute approximate surface area is 201 Å². The molecule has 0 saturated heterocycles. The van der Waals surface area contributed by atoms with Gasteiger partial charge in [-0.3, -0.25) is 10.2 Å². The number of benzene rings is 4. The summed E-state index contributed by atoms with van der Waals surface area (Å²) in [5.41, 5.74) is 13.1. The molecule has 4 aromatic carbocycles. The quantitative estimate of drug-likeness (QED) is 0.280. The highest BCUT2D eigenvalue weighted by atomic mass is 19.1. The number of nitrogens with two attached hydrogens (primary N) is 1. The van der Waals surface area contributed by atoms with Crippen molar-refractivity contribution in [3.05, 3.63) is 130 Å². The molecule has 0 spiro atoms. The summed E-state index contributed by atoms with van der Waals surface area (Å²) in [5.74, 6) is -0.459. The molecule has 35 heavy (non-hydrogen) atoms. The minimum absolute atomic E-state index is 0.00899. The number of ether oxygens (including phenoxy) is 1. The van der Waals surface area contributed by atoms with Gasteiger partial charge in [-0.2, -0.15) is 0 Å². The Balaban J connectivity index is 1.25. The van der Waals surface area contributed by atoms with Gasteiger partial charge in [0.05, 0.1) is 0 Å². The summed E-state index contributed by atoms with van der Waals surface area (Å²) in [6.07, 6.45) is -0.456. The Morgan fingerprint density at radius 3 is 2.40 bits per heavy atom. The molecule has 2 heterocycles. The van der Waals surface area contributed by atoms with Crippen LogP contribution in [0.4, 0.5) is 4.39 Å². The fourth-order valence-electron chi connectivity index (χ4n) is 4.98. The first-order chi connectivity index (χ1) is 17.0. The largest absolute Gasteiger partial charge is 0.384 e. The lowest BCUT2D eigenvalue weighted by molar-refractivity contribution is 0.0857. The summed E-state index contributed by atoms with van der Waals surface area (Å²) < 4.78 is 20.6. The first kappa shape index (κ1) is 21.3. The van der Waals surface area contributed by atoms with Crippen LogP contribution in [0.5, 0.6) is 0 Å². The van der Waals surface area contributed by atoms with Gasteiger partial charge in [0, 0.05) is 23.2 Å². The maximum atomic E-state index is 14.4. The van der Waals surface area contributed by atoms with Crippen molar-refractivity contribution in [2.24, 2.45) is 5.73 Å². The normalized spacial score (nSPS) is 17.1. The minimum Gasteiger partial charge on any atom is -0.384 e. The minimum atomic E-state index is -0.281. The van der Waals surface area contributed by atoms with E-state index in [9.17, 15) is 9.18 Å². The summed E-state index contributed by atoms with van der Waals surface area (Å²) in [5, 5.41) is 10.5. The second-order valence-corrected chi connectivity index (χ2v) is 8.86. The zero-order valence-corrected chi connectivity index (χ0v) is 18.7. The molecule has 0 aromatic heterocycles. The molecule has 2 aliphatic rings. The molecule has 2 bridgehead atoms. The summed E-state index contributed by atoms with van der Waals surface area (Å²) in [6, 6.07) is 25.6. The van der Waals surface area contributed by atoms with Gasteiger partial charge in [-0.15, -0.1) is 0 Å². The molecule has 2 aliphatic heterocycles. The predicted molar refractivity (Wildman–Crippen MR) is 132 cm³/mol.